The van der Waals surface area contributed by atoms with Gasteiger partial charge in [0.25, 0.3) is 6.71 Å². The highest BCUT2D eigenvalue weighted by atomic mass is 15.2. The number of benzene rings is 13. The van der Waals surface area contributed by atoms with Crippen molar-refractivity contribution in [2.24, 2.45) is 0 Å². The third-order valence-corrected chi connectivity index (χ3v) is 25.4. The van der Waals surface area contributed by atoms with Crippen LogP contribution in [-0.4, -0.2) is 11.3 Å². The maximum atomic E-state index is 11.9. The second kappa shape index (κ2) is 31.5. The van der Waals surface area contributed by atoms with Gasteiger partial charge in [-0.15, -0.1) is 0 Å². The minimum Gasteiger partial charge on any atom is -0.310 e. The van der Waals surface area contributed by atoms with Crippen LogP contribution in [0.2, 0.25) is 0 Å². The molecule has 0 spiro atoms. The van der Waals surface area contributed by atoms with E-state index in [1.165, 1.54) is 4.57 Å². The third kappa shape index (κ3) is 17.3. The predicted molar refractivity (Wildman–Crippen MR) is 567 cm³/mol. The molecule has 1 aromatic heterocycles. The molecule has 0 saturated heterocycles. The molecule has 129 heavy (non-hydrogen) atoms. The lowest BCUT2D eigenvalue weighted by molar-refractivity contribution is 0.568. The van der Waals surface area contributed by atoms with Crippen molar-refractivity contribution in [2.45, 2.75) is 308 Å². The smallest absolute Gasteiger partial charge is 0.252 e. The highest BCUT2D eigenvalue weighted by Gasteiger charge is 2.47. The molecule has 0 N–H and O–H groups in total. The van der Waals surface area contributed by atoms with Crippen LogP contribution in [0.5, 0.6) is 0 Å². The van der Waals surface area contributed by atoms with E-state index in [-0.39, 0.29) is 180 Å². The van der Waals surface area contributed by atoms with Crippen molar-refractivity contribution in [1.82, 2.24) is 4.57 Å². The molecule has 3 heterocycles. The lowest BCUT2D eigenvalue weighted by Gasteiger charge is -2.46. The average Bonchev–Trinajstić information content (AvgIpc) is 1.34. The SMILES string of the molecule is [2H]c1c([2H])c(C(C)(C)C)c([2H])c([2H])c1-c1c([2H])c(C(C)(C)C)c([2H])c(-c2c([2H])c(C(C)(C)C)c([2H])c(C(C)(C)C)c2[2H])c1N1c2cc(-n3c4c([2H])c([2H])c([2H])c([2H])c4c4c([2H])c([2H])c([2H])c([2H])c43)ccc2B2c3cc(-c4cc(C(C)(C)C)cc(C(C)(C)C)c4)ccc3N(c3c(-c4c([2H])c([2H])c(C(C)(C)C)c([2H])c4[2H])c([2H])c(C(C)C)c([2H])c3-c3c([2H])c([2H])c(C(C)(C)C)c([2H])c3C(C)(C)C)c3cc(-c4cc(C(C)(C)C)cc(C(C)(C)C)c4)cc1c32. The Kier molecular flexibility index (Phi) is 15.7. The van der Waals surface area contributed by atoms with E-state index in [0.717, 1.165) is 27.8 Å². The lowest BCUT2D eigenvalue weighted by atomic mass is 9.33. The van der Waals surface area contributed by atoms with Crippen LogP contribution in [0.4, 0.5) is 34.1 Å². The Bertz CT molecular complexity index is 8190. The first kappa shape index (κ1) is 64.2. The first-order valence-corrected chi connectivity index (χ1v) is 45.9. The van der Waals surface area contributed by atoms with Crippen LogP contribution in [0.15, 0.2) is 242 Å². The summed E-state index contributed by atoms with van der Waals surface area (Å²) < 4.78 is 280. The molecule has 16 rings (SSSR count). The Balaban J connectivity index is 1.34. The van der Waals surface area contributed by atoms with Crippen molar-refractivity contribution in [2.75, 3.05) is 9.80 Å². The van der Waals surface area contributed by atoms with Crippen LogP contribution >= 0.6 is 0 Å². The molecule has 2 aliphatic rings. The third-order valence-electron chi connectivity index (χ3n) is 25.4. The Labute approximate surface area is 814 Å². The van der Waals surface area contributed by atoms with E-state index in [0.29, 0.717) is 22.2 Å². The van der Waals surface area contributed by atoms with E-state index < -0.39 is 211 Å². The molecule has 0 unspecified atom stereocenters. The summed E-state index contributed by atoms with van der Waals surface area (Å²) in [4.78, 5) is 3.62. The molecular formula is C125H146BN3. The monoisotopic (exact) mass is 1730 g/mol. The summed E-state index contributed by atoms with van der Waals surface area (Å²) in [5.41, 5.74) is -5.65. The number of aromatic nitrogens is 1. The maximum absolute atomic E-state index is 11.9. The molecule has 3 nitrogen and oxygen atoms in total. The Hall–Kier alpha value is -10.7. The average molecular weight is 1730 g/mol. The summed E-state index contributed by atoms with van der Waals surface area (Å²) in [7, 11) is 0. The van der Waals surface area contributed by atoms with Crippen LogP contribution in [0.3, 0.4) is 0 Å². The van der Waals surface area contributed by atoms with Gasteiger partial charge in [0.2, 0.25) is 0 Å². The molecule has 0 atom stereocenters. The minimum atomic E-state index is -1.36. The van der Waals surface area contributed by atoms with Gasteiger partial charge in [0.1, 0.15) is 0 Å². The molecule has 0 aliphatic carbocycles. The molecule has 2 aliphatic heterocycles. The van der Waals surface area contributed by atoms with Gasteiger partial charge in [0, 0.05) is 61.5 Å². The molecule has 0 fully saturated rings. The summed E-state index contributed by atoms with van der Waals surface area (Å²) >= 11 is 0. The van der Waals surface area contributed by atoms with Gasteiger partial charge in [-0.25, -0.2) is 0 Å². The Morgan fingerprint density at radius 3 is 1.07 bits per heavy atom. The second-order valence-electron chi connectivity index (χ2n) is 47.8. The summed E-state index contributed by atoms with van der Waals surface area (Å²) in [6, 6.07) is 14.4. The van der Waals surface area contributed by atoms with Crippen molar-refractivity contribution in [3.05, 3.63) is 309 Å². The van der Waals surface area contributed by atoms with E-state index in [9.17, 15) is 35.6 Å². The minimum absolute atomic E-state index is 0.000122. The summed E-state index contributed by atoms with van der Waals surface area (Å²) in [5, 5.41) is -0.540. The number of fused-ring (bicyclic) bond motifs is 7. The molecular weight excluding hydrogens is 1550 g/mol. The zero-order valence-electron chi connectivity index (χ0n) is 109. The van der Waals surface area contributed by atoms with Gasteiger partial charge in [-0.05, 0) is 260 Å². The molecule has 0 radical (unpaired) electrons. The fraction of sp³-hybridized carbons (Fsp3) is 0.376. The highest BCUT2D eigenvalue weighted by molar-refractivity contribution is 7.00. The van der Waals surface area contributed by atoms with Gasteiger partial charge in [-0.2, -0.15) is 0 Å². The fourth-order valence-corrected chi connectivity index (χ4v) is 17.4. The first-order chi connectivity index (χ1) is 70.6. The summed E-state index contributed by atoms with van der Waals surface area (Å²) in [6.45, 7) is 66.1. The Morgan fingerprint density at radius 2 is 0.636 bits per heavy atom. The van der Waals surface area contributed by atoms with Gasteiger partial charge in [-0.1, -0.05) is 418 Å². The van der Waals surface area contributed by atoms with E-state index in [1.54, 1.807) is 99.3 Å². The number of hydrogen-bond acceptors (Lipinski definition) is 2. The van der Waals surface area contributed by atoms with Crippen LogP contribution in [0.1, 0.15) is 351 Å². The van der Waals surface area contributed by atoms with Gasteiger partial charge in [0.15, 0.2) is 0 Å². The zero-order valence-corrected chi connectivity index (χ0v) is 83.1. The molecule has 4 heteroatoms. The lowest BCUT2D eigenvalue weighted by Crippen LogP contribution is -2.61. The van der Waals surface area contributed by atoms with Gasteiger partial charge in [-0.3, -0.25) is 0 Å². The quantitative estimate of drug-likeness (QED) is 0.126. The van der Waals surface area contributed by atoms with Crippen LogP contribution in [0, 0.1) is 0 Å². The topological polar surface area (TPSA) is 11.4 Å². The van der Waals surface area contributed by atoms with E-state index in [1.807, 2.05) is 112 Å². The van der Waals surface area contributed by atoms with Gasteiger partial charge in [0.05, 0.1) is 58.0 Å². The number of hydrogen-bond donors (Lipinski definition) is 0. The van der Waals surface area contributed by atoms with Crippen molar-refractivity contribution < 1.29 is 35.6 Å². The number of rotatable bonds is 10. The van der Waals surface area contributed by atoms with Crippen molar-refractivity contribution in [1.29, 1.82) is 0 Å². The second-order valence-corrected chi connectivity index (χ2v) is 47.8. The molecule has 14 aromatic rings. The summed E-state index contributed by atoms with van der Waals surface area (Å²) in [6.07, 6.45) is 0. The predicted octanol–water partition coefficient (Wildman–Crippen LogP) is 34.3. The fourth-order valence-electron chi connectivity index (χ4n) is 17.4. The normalized spacial score (nSPS) is 16.7. The van der Waals surface area contributed by atoms with Gasteiger partial charge < -0.3 is 14.4 Å². The maximum Gasteiger partial charge on any atom is 0.252 e. The van der Waals surface area contributed by atoms with Gasteiger partial charge >= 0.3 is 0 Å². The number of nitrogens with zero attached hydrogens (tertiary/aromatic N) is 3. The van der Waals surface area contributed by atoms with Crippen molar-refractivity contribution in [3.8, 4) is 72.4 Å². The molecule has 0 bridgehead atoms. The van der Waals surface area contributed by atoms with E-state index in [2.05, 4.69) is 126 Å². The van der Waals surface area contributed by atoms with Crippen LogP contribution < -0.4 is 26.2 Å². The number of para-hydroxylation sites is 2. The molecule has 0 amide bonds. The zero-order chi connectivity index (χ0) is 116. The van der Waals surface area contributed by atoms with Crippen molar-refractivity contribution in [3.63, 3.8) is 0 Å². The summed E-state index contributed by atoms with van der Waals surface area (Å²) in [5.74, 6) is -0.811. The van der Waals surface area contributed by atoms with Crippen molar-refractivity contribution >= 4 is 79.0 Å². The van der Waals surface area contributed by atoms with E-state index in [4.69, 9.17) is 0 Å². The largest absolute Gasteiger partial charge is 0.310 e. The van der Waals surface area contributed by atoms with Crippen LogP contribution in [0.25, 0.3) is 94.3 Å². The Morgan fingerprint density at radius 1 is 0.256 bits per heavy atom. The molecule has 13 aromatic carbocycles. The standard InChI is InChI=1S/C125H146BN3/c1-76(2)80-64-99(77-44-49-85(50-45-77)115(3,4)5)114(102(65-80)96-55-53-87(117(9,10)11)74-103(96)125(33,34)35)128-108-57-48-79(81-58-88(118(12,13)14)69-89(59-81)119(15,16)17)66-105(108)126-104-56-54-95(127-106-42-38-36-40-97(106)98-41-37-39-43-107(98)127)75-109(104)129(111-68-83(67-110(128)112(111)126)82-60-90(120(18,19)20)70-91(61-82)121(21,22)23)113-100(78-46-51-86(52-47-78)116(6,7)8)72-94(124(30,31)32)73-101(113)84-62-92(122(24,25)26)71-93(63-84)123(27,28)29/h36-76H,1-35H3/i36D,37D,38D,39D,40D,41D,42D,43D,44D,45D,46D,47D,49D,50D,51D,52D,53D,55D,62D,63D,64D,65D,71D,72D,73D,74D. The highest BCUT2D eigenvalue weighted by Crippen LogP contribution is 2.58. The number of anilines is 6. The first-order valence-electron chi connectivity index (χ1n) is 58.9. The van der Waals surface area contributed by atoms with Crippen LogP contribution in [-0.2, 0) is 59.6 Å². The van der Waals surface area contributed by atoms with E-state index >= 15 is 0 Å². The molecule has 0 saturated carbocycles. The molecule has 664 valence electrons.